The van der Waals surface area contributed by atoms with Crippen LogP contribution in [0, 0.1) is 0 Å². The maximum atomic E-state index is 12.3. The Balaban J connectivity index is 0.00000192. The minimum Gasteiger partial charge on any atom is -0.748 e. The van der Waals surface area contributed by atoms with Crippen LogP contribution in [0.4, 0.5) is 5.69 Å². The van der Waals surface area contributed by atoms with Crippen LogP contribution in [0.3, 0.4) is 0 Å². The molecule has 0 atom stereocenters. The minimum absolute atomic E-state index is 0. The number of aryl methyl sites for hydroxylation is 1. The van der Waals surface area contributed by atoms with E-state index in [0.29, 0.717) is 12.1 Å². The van der Waals surface area contributed by atoms with Gasteiger partial charge in [-0.15, -0.1) is 0 Å². The second-order valence-electron chi connectivity index (χ2n) is 5.23. The van der Waals surface area contributed by atoms with Crippen LogP contribution in [0.2, 0.25) is 0 Å². The Morgan fingerprint density at radius 3 is 2.30 bits per heavy atom. The Hall–Kier alpha value is -1.18. The van der Waals surface area contributed by atoms with E-state index in [1.807, 2.05) is 24.3 Å². The molecule has 0 unspecified atom stereocenters. The molecule has 0 aromatic heterocycles. The monoisotopic (exact) mass is 339 g/mol. The van der Waals surface area contributed by atoms with E-state index >= 15 is 0 Å². The van der Waals surface area contributed by atoms with Crippen molar-refractivity contribution >= 4 is 21.7 Å². The van der Waals surface area contributed by atoms with E-state index in [1.54, 1.807) is 29.2 Å². The summed E-state index contributed by atoms with van der Waals surface area (Å²) >= 11 is 0. The molecule has 7 heteroatoms. The standard InChI is InChI=1S/C16H15NO4S.Na/c18-16-15-4-2-1-3-13(15)11-17(16)14-7-5-12(6-8-14)9-10-22(19,20)21;/h1-8H,9-11H2,(H,19,20,21);/q;+1/p-1. The van der Waals surface area contributed by atoms with Gasteiger partial charge in [-0.3, -0.25) is 4.79 Å². The first-order chi connectivity index (χ1) is 10.4. The predicted molar refractivity (Wildman–Crippen MR) is 81.7 cm³/mol. The molecule has 0 saturated carbocycles. The van der Waals surface area contributed by atoms with Crippen molar-refractivity contribution in [3.8, 4) is 0 Å². The Bertz CT molecular complexity index is 818. The molecule has 0 bridgehead atoms. The summed E-state index contributed by atoms with van der Waals surface area (Å²) in [5, 5.41) is 0. The molecular weight excluding hydrogens is 325 g/mol. The number of fused-ring (bicyclic) bond motifs is 1. The Labute approximate surface area is 157 Å². The summed E-state index contributed by atoms with van der Waals surface area (Å²) < 4.78 is 31.9. The number of nitrogens with zero attached hydrogens (tertiary/aromatic N) is 1. The van der Waals surface area contributed by atoms with Gasteiger partial charge in [0, 0.05) is 17.0 Å². The first kappa shape index (κ1) is 18.2. The second-order valence-corrected chi connectivity index (χ2v) is 6.75. The molecule has 0 saturated heterocycles. The molecule has 2 aromatic carbocycles. The number of benzene rings is 2. The summed E-state index contributed by atoms with van der Waals surface area (Å²) in [5.74, 6) is -0.453. The van der Waals surface area contributed by atoms with Crippen LogP contribution in [0.15, 0.2) is 48.5 Å². The number of carbonyl (C=O) groups excluding carboxylic acids is 1. The van der Waals surface area contributed by atoms with Gasteiger partial charge in [0.15, 0.2) is 0 Å². The fourth-order valence-electron chi connectivity index (χ4n) is 2.55. The van der Waals surface area contributed by atoms with Crippen molar-refractivity contribution in [2.75, 3.05) is 10.7 Å². The summed E-state index contributed by atoms with van der Waals surface area (Å²) in [4.78, 5) is 14.0. The van der Waals surface area contributed by atoms with E-state index in [2.05, 4.69) is 0 Å². The molecule has 1 aliphatic heterocycles. The second kappa shape index (κ2) is 7.15. The van der Waals surface area contributed by atoms with Crippen molar-refractivity contribution in [2.45, 2.75) is 13.0 Å². The molecular formula is C16H14NNaO4S. The van der Waals surface area contributed by atoms with E-state index in [9.17, 15) is 17.8 Å². The van der Waals surface area contributed by atoms with Gasteiger partial charge in [0.2, 0.25) is 0 Å². The van der Waals surface area contributed by atoms with Gasteiger partial charge in [0.1, 0.15) is 0 Å². The number of anilines is 1. The van der Waals surface area contributed by atoms with Crippen LogP contribution in [0.25, 0.3) is 0 Å². The quantitative estimate of drug-likeness (QED) is 0.525. The maximum absolute atomic E-state index is 12.3. The largest absolute Gasteiger partial charge is 1.00 e. The number of hydrogen-bond donors (Lipinski definition) is 0. The van der Waals surface area contributed by atoms with Crippen LogP contribution >= 0.6 is 0 Å². The van der Waals surface area contributed by atoms with Gasteiger partial charge in [-0.2, -0.15) is 0 Å². The Kier molecular flexibility index (Phi) is 5.65. The molecule has 5 nitrogen and oxygen atoms in total. The fraction of sp³-hybridized carbons (Fsp3) is 0.188. The third-order valence-electron chi connectivity index (χ3n) is 3.71. The van der Waals surface area contributed by atoms with Gasteiger partial charge >= 0.3 is 29.6 Å². The molecule has 0 radical (unpaired) electrons. The average Bonchev–Trinajstić information content (AvgIpc) is 2.83. The maximum Gasteiger partial charge on any atom is 1.00 e. The topological polar surface area (TPSA) is 77.5 Å². The summed E-state index contributed by atoms with van der Waals surface area (Å²) in [7, 11) is -4.21. The van der Waals surface area contributed by atoms with Gasteiger partial charge < -0.3 is 9.45 Å². The molecule has 3 rings (SSSR count). The molecule has 1 heterocycles. The molecule has 23 heavy (non-hydrogen) atoms. The SMILES string of the molecule is O=C1c2ccccc2CN1c1ccc(CCS(=O)(=O)[O-])cc1.[Na+]. The zero-order chi connectivity index (χ0) is 15.7. The predicted octanol–water partition coefficient (Wildman–Crippen LogP) is -1.06. The van der Waals surface area contributed by atoms with E-state index in [0.717, 1.165) is 16.8 Å². The van der Waals surface area contributed by atoms with E-state index < -0.39 is 15.9 Å². The van der Waals surface area contributed by atoms with Crippen molar-refractivity contribution in [2.24, 2.45) is 0 Å². The van der Waals surface area contributed by atoms with Crippen LogP contribution in [-0.2, 0) is 23.1 Å². The molecule has 0 fully saturated rings. The van der Waals surface area contributed by atoms with E-state index in [4.69, 9.17) is 0 Å². The molecule has 114 valence electrons. The summed E-state index contributed by atoms with van der Waals surface area (Å²) in [5.41, 5.74) is 3.22. The van der Waals surface area contributed by atoms with E-state index in [1.165, 1.54) is 0 Å². The smallest absolute Gasteiger partial charge is 0.748 e. The van der Waals surface area contributed by atoms with Crippen molar-refractivity contribution in [1.29, 1.82) is 0 Å². The van der Waals surface area contributed by atoms with Gasteiger partial charge in [0.05, 0.1) is 16.7 Å². The normalized spacial score (nSPS) is 13.6. The van der Waals surface area contributed by atoms with Crippen molar-refractivity contribution in [3.05, 3.63) is 65.2 Å². The van der Waals surface area contributed by atoms with E-state index in [-0.39, 0.29) is 41.9 Å². The van der Waals surface area contributed by atoms with Crippen LogP contribution in [0.1, 0.15) is 21.5 Å². The first-order valence-corrected chi connectivity index (χ1v) is 8.44. The first-order valence-electron chi connectivity index (χ1n) is 6.86. The van der Waals surface area contributed by atoms with Crippen molar-refractivity contribution in [1.82, 2.24) is 0 Å². The van der Waals surface area contributed by atoms with Gasteiger partial charge in [-0.1, -0.05) is 30.3 Å². The summed E-state index contributed by atoms with van der Waals surface area (Å²) in [6.07, 6.45) is 0.181. The Morgan fingerprint density at radius 1 is 1.04 bits per heavy atom. The molecule has 1 amide bonds. The molecule has 0 aliphatic carbocycles. The van der Waals surface area contributed by atoms with Gasteiger partial charge in [-0.25, -0.2) is 8.42 Å². The molecule has 0 spiro atoms. The number of amides is 1. The van der Waals surface area contributed by atoms with Crippen molar-refractivity contribution < 1.29 is 47.3 Å². The zero-order valence-electron chi connectivity index (χ0n) is 12.7. The van der Waals surface area contributed by atoms with Gasteiger partial charge in [0.25, 0.3) is 5.91 Å². The van der Waals surface area contributed by atoms with Crippen molar-refractivity contribution in [3.63, 3.8) is 0 Å². The van der Waals surface area contributed by atoms with Crippen LogP contribution in [-0.4, -0.2) is 24.6 Å². The zero-order valence-corrected chi connectivity index (χ0v) is 15.5. The van der Waals surface area contributed by atoms with Gasteiger partial charge in [-0.05, 0) is 35.7 Å². The summed E-state index contributed by atoms with van der Waals surface area (Å²) in [6.45, 7) is 0.531. The molecule has 1 aliphatic rings. The molecule has 2 aromatic rings. The third-order valence-corrected chi connectivity index (χ3v) is 4.41. The molecule has 0 N–H and O–H groups in total. The van der Waals surface area contributed by atoms with Crippen LogP contribution in [0.5, 0.6) is 0 Å². The Morgan fingerprint density at radius 2 is 1.70 bits per heavy atom. The van der Waals surface area contributed by atoms with Crippen LogP contribution < -0.4 is 34.5 Å². The minimum atomic E-state index is -4.21. The fourth-order valence-corrected chi connectivity index (χ4v) is 3.03. The number of rotatable bonds is 4. The number of carbonyl (C=O) groups is 1. The average molecular weight is 339 g/mol. The third kappa shape index (κ3) is 4.22. The summed E-state index contributed by atoms with van der Waals surface area (Å²) in [6, 6.07) is 14.5. The number of hydrogen-bond acceptors (Lipinski definition) is 4.